The molecule has 1 saturated heterocycles. The van der Waals surface area contributed by atoms with Crippen LogP contribution >= 0.6 is 11.3 Å². The highest BCUT2D eigenvalue weighted by Gasteiger charge is 2.32. The minimum absolute atomic E-state index is 0.383. The molecule has 1 fully saturated rings. The lowest BCUT2D eigenvalue weighted by molar-refractivity contribution is 0.122. The summed E-state index contributed by atoms with van der Waals surface area (Å²) in [5.41, 5.74) is 0.893. The van der Waals surface area contributed by atoms with E-state index in [0.717, 1.165) is 42.8 Å². The van der Waals surface area contributed by atoms with Crippen molar-refractivity contribution in [3.63, 3.8) is 0 Å². The number of morpholine rings is 1. The zero-order valence-corrected chi connectivity index (χ0v) is 16.4. The summed E-state index contributed by atoms with van der Waals surface area (Å²) in [5.74, 6) is 1.11. The number of fused-ring (bicyclic) bond motifs is 1. The first-order valence-corrected chi connectivity index (χ1v) is 11.2. The number of thiophene rings is 1. The number of rotatable bonds is 4. The third kappa shape index (κ3) is 3.19. The Labute approximate surface area is 157 Å². The Balaban J connectivity index is 1.71. The van der Waals surface area contributed by atoms with E-state index in [0.29, 0.717) is 35.7 Å². The molecule has 2 aliphatic rings. The van der Waals surface area contributed by atoms with E-state index in [-0.39, 0.29) is 0 Å². The van der Waals surface area contributed by atoms with Gasteiger partial charge in [-0.1, -0.05) is 6.92 Å². The lowest BCUT2D eigenvalue weighted by atomic mass is 10.1. The van der Waals surface area contributed by atoms with Crippen LogP contribution in [0.15, 0.2) is 22.5 Å². The molecular weight excluding hydrogens is 372 g/mol. The smallest absolute Gasteiger partial charge is 0.275 e. The molecule has 140 valence electrons. The first-order valence-electron chi connectivity index (χ1n) is 8.89. The quantitative estimate of drug-likeness (QED) is 0.790. The van der Waals surface area contributed by atoms with Crippen molar-refractivity contribution in [1.29, 1.82) is 0 Å². The summed E-state index contributed by atoms with van der Waals surface area (Å²) in [4.78, 5) is 12.2. The van der Waals surface area contributed by atoms with Gasteiger partial charge >= 0.3 is 0 Å². The number of sulfonamides is 1. The third-order valence-electron chi connectivity index (χ3n) is 4.70. The molecule has 0 bridgehead atoms. The molecule has 0 aromatic carbocycles. The zero-order chi connectivity index (χ0) is 18.1. The number of hydrogen-bond donors (Lipinski definition) is 0. The summed E-state index contributed by atoms with van der Waals surface area (Å²) < 4.78 is 33.6. The Hall–Kier alpha value is -1.71. The number of aryl methyl sites for hydroxylation is 2. The summed E-state index contributed by atoms with van der Waals surface area (Å²) in [6.07, 6.45) is 4.19. The number of aromatic nitrogens is 2. The van der Waals surface area contributed by atoms with Crippen LogP contribution < -0.4 is 9.21 Å². The van der Waals surface area contributed by atoms with E-state index in [9.17, 15) is 8.42 Å². The molecule has 0 radical (unpaired) electrons. The van der Waals surface area contributed by atoms with Crippen LogP contribution in [0.2, 0.25) is 0 Å². The van der Waals surface area contributed by atoms with Crippen molar-refractivity contribution < 1.29 is 13.2 Å². The maximum atomic E-state index is 13.2. The minimum atomic E-state index is -3.59. The van der Waals surface area contributed by atoms with Crippen molar-refractivity contribution in [1.82, 2.24) is 9.97 Å². The topological polar surface area (TPSA) is 75.6 Å². The maximum Gasteiger partial charge on any atom is 0.275 e. The molecule has 0 spiro atoms. The van der Waals surface area contributed by atoms with Crippen molar-refractivity contribution in [2.45, 2.75) is 30.4 Å². The molecule has 0 atom stereocenters. The molecule has 2 aromatic heterocycles. The summed E-state index contributed by atoms with van der Waals surface area (Å²) in [5, 5.41) is 0. The molecule has 2 aliphatic heterocycles. The second-order valence-electron chi connectivity index (χ2n) is 6.37. The van der Waals surface area contributed by atoms with Crippen LogP contribution in [0.25, 0.3) is 0 Å². The fourth-order valence-corrected chi connectivity index (χ4v) is 6.14. The van der Waals surface area contributed by atoms with Gasteiger partial charge in [0.05, 0.1) is 13.2 Å². The van der Waals surface area contributed by atoms with Crippen molar-refractivity contribution >= 4 is 33.1 Å². The Morgan fingerprint density at radius 2 is 2.04 bits per heavy atom. The van der Waals surface area contributed by atoms with E-state index < -0.39 is 10.0 Å². The van der Waals surface area contributed by atoms with Gasteiger partial charge in [0.2, 0.25) is 5.95 Å². The van der Waals surface area contributed by atoms with Gasteiger partial charge in [-0.15, -0.1) is 11.3 Å². The summed E-state index contributed by atoms with van der Waals surface area (Å²) in [6, 6.07) is 3.60. The molecule has 0 unspecified atom stereocenters. The van der Waals surface area contributed by atoms with Crippen LogP contribution in [0, 0.1) is 0 Å². The van der Waals surface area contributed by atoms with Crippen LogP contribution in [0.1, 0.15) is 23.8 Å². The van der Waals surface area contributed by atoms with Gasteiger partial charge < -0.3 is 9.64 Å². The standard InChI is InChI=1S/C17H22N4O3S2/c1-2-14-5-6-15(25-14)26(22,23)21-7-3-4-13-12-18-17(19-16(13)21)20-8-10-24-11-9-20/h5-6,12H,2-4,7-11H2,1H3. The average Bonchev–Trinajstić information content (AvgIpc) is 3.18. The molecular formula is C17H22N4O3S2. The van der Waals surface area contributed by atoms with Crippen molar-refractivity contribution in [2.75, 3.05) is 42.1 Å². The third-order valence-corrected chi connectivity index (χ3v) is 8.18. The highest BCUT2D eigenvalue weighted by atomic mass is 32.2. The molecule has 9 heteroatoms. The number of nitrogens with zero attached hydrogens (tertiary/aromatic N) is 4. The molecule has 0 amide bonds. The average molecular weight is 395 g/mol. The highest BCUT2D eigenvalue weighted by molar-refractivity contribution is 7.94. The Bertz CT molecular complexity index is 891. The van der Waals surface area contributed by atoms with E-state index in [2.05, 4.69) is 9.97 Å². The van der Waals surface area contributed by atoms with Crippen LogP contribution in [0.5, 0.6) is 0 Å². The van der Waals surface area contributed by atoms with E-state index >= 15 is 0 Å². The van der Waals surface area contributed by atoms with E-state index in [4.69, 9.17) is 4.74 Å². The largest absolute Gasteiger partial charge is 0.378 e. The normalized spacial score (nSPS) is 18.0. The second-order valence-corrected chi connectivity index (χ2v) is 9.63. The molecule has 4 rings (SSSR count). The number of hydrogen-bond acceptors (Lipinski definition) is 7. The van der Waals surface area contributed by atoms with Gasteiger partial charge in [-0.3, -0.25) is 0 Å². The van der Waals surface area contributed by atoms with Crippen LogP contribution in [0.3, 0.4) is 0 Å². The molecule has 4 heterocycles. The lowest BCUT2D eigenvalue weighted by Crippen LogP contribution is -2.39. The molecule has 7 nitrogen and oxygen atoms in total. The lowest BCUT2D eigenvalue weighted by Gasteiger charge is -2.31. The molecule has 0 N–H and O–H groups in total. The second kappa shape index (κ2) is 7.13. The molecule has 0 aliphatic carbocycles. The maximum absolute atomic E-state index is 13.2. The van der Waals surface area contributed by atoms with Gasteiger partial charge in [0.1, 0.15) is 4.21 Å². The van der Waals surface area contributed by atoms with Crippen LogP contribution in [-0.2, 0) is 27.6 Å². The fourth-order valence-electron chi connectivity index (χ4n) is 3.25. The number of ether oxygens (including phenoxy) is 1. The summed E-state index contributed by atoms with van der Waals surface area (Å²) in [7, 11) is -3.59. The molecule has 2 aromatic rings. The Morgan fingerprint density at radius 3 is 2.77 bits per heavy atom. The van der Waals surface area contributed by atoms with Crippen molar-refractivity contribution in [2.24, 2.45) is 0 Å². The van der Waals surface area contributed by atoms with Gasteiger partial charge in [-0.05, 0) is 31.4 Å². The van der Waals surface area contributed by atoms with E-state index in [1.165, 1.54) is 15.6 Å². The van der Waals surface area contributed by atoms with Gasteiger partial charge in [-0.2, -0.15) is 4.98 Å². The Kier molecular flexibility index (Phi) is 4.85. The fraction of sp³-hybridized carbons (Fsp3) is 0.529. The van der Waals surface area contributed by atoms with Crippen molar-refractivity contribution in [3.05, 3.63) is 28.8 Å². The van der Waals surface area contributed by atoms with E-state index in [1.807, 2.05) is 17.9 Å². The van der Waals surface area contributed by atoms with Gasteiger partial charge in [0.15, 0.2) is 5.82 Å². The Morgan fingerprint density at radius 1 is 1.23 bits per heavy atom. The first-order chi connectivity index (χ1) is 12.6. The zero-order valence-electron chi connectivity index (χ0n) is 14.7. The van der Waals surface area contributed by atoms with Crippen LogP contribution in [-0.4, -0.2) is 51.2 Å². The van der Waals surface area contributed by atoms with E-state index in [1.54, 1.807) is 12.3 Å². The highest BCUT2D eigenvalue weighted by Crippen LogP contribution is 2.33. The predicted octanol–water partition coefficient (Wildman–Crippen LogP) is 2.08. The summed E-state index contributed by atoms with van der Waals surface area (Å²) >= 11 is 1.34. The predicted molar refractivity (Wildman–Crippen MR) is 102 cm³/mol. The molecule has 26 heavy (non-hydrogen) atoms. The van der Waals surface area contributed by atoms with Crippen molar-refractivity contribution in [3.8, 4) is 0 Å². The molecule has 0 saturated carbocycles. The SMILES string of the molecule is CCc1ccc(S(=O)(=O)N2CCCc3cnc(N4CCOCC4)nc32)s1. The van der Waals surface area contributed by atoms with Crippen LogP contribution in [0.4, 0.5) is 11.8 Å². The summed E-state index contributed by atoms with van der Waals surface area (Å²) in [6.45, 7) is 5.19. The first kappa shape index (κ1) is 17.7. The number of anilines is 2. The monoisotopic (exact) mass is 394 g/mol. The van der Waals surface area contributed by atoms with Gasteiger partial charge in [0, 0.05) is 36.3 Å². The van der Waals surface area contributed by atoms with Gasteiger partial charge in [-0.25, -0.2) is 17.7 Å². The van der Waals surface area contributed by atoms with Gasteiger partial charge in [0.25, 0.3) is 10.0 Å². The minimum Gasteiger partial charge on any atom is -0.378 e.